The number of hydrogen-bond donors (Lipinski definition) is 3. The Labute approximate surface area is 372 Å². The Morgan fingerprint density at radius 2 is 1.48 bits per heavy atom. The SMILES string of the molecule is CC(=O)O[C@@]12CO[C@@H]1CCOC/C=C/CCOC1=C(C)[C@@H]2[C@H](OC(=O)c2ccccc2)[C@]2(O)C[C@H](OC(=O)[C@H](O)[C@@H](NC(=O)c3ccccc3)c3ccccc3)C(C)=C(C1=O)C2(C)C. The first-order valence-electron chi connectivity index (χ1n) is 21.5. The molecule has 2 heterocycles. The maximum atomic E-state index is 15.4. The van der Waals surface area contributed by atoms with Crippen LogP contribution in [0.25, 0.3) is 0 Å². The quantitative estimate of drug-likeness (QED) is 0.135. The molecule has 0 unspecified atom stereocenters. The van der Waals surface area contributed by atoms with Crippen molar-refractivity contribution < 1.29 is 62.6 Å². The molecular weight excluding hydrogens is 823 g/mol. The lowest BCUT2D eigenvalue weighted by atomic mass is 9.53. The largest absolute Gasteiger partial charge is 0.489 e. The van der Waals surface area contributed by atoms with Gasteiger partial charge in [-0.15, -0.1) is 0 Å². The van der Waals surface area contributed by atoms with Crippen molar-refractivity contribution in [3.05, 3.63) is 142 Å². The van der Waals surface area contributed by atoms with Crippen molar-refractivity contribution in [2.45, 2.75) is 95.5 Å². The van der Waals surface area contributed by atoms with Crippen molar-refractivity contribution in [3.8, 4) is 0 Å². The average molecular weight is 878 g/mol. The number of aliphatic hydroxyl groups excluding tert-OH is 1. The molecule has 0 aromatic heterocycles. The fourth-order valence-electron chi connectivity index (χ4n) is 9.62. The van der Waals surface area contributed by atoms with Gasteiger partial charge in [-0.25, -0.2) is 9.59 Å². The van der Waals surface area contributed by atoms with Crippen LogP contribution in [0.5, 0.6) is 0 Å². The number of aliphatic hydroxyl groups is 2. The maximum absolute atomic E-state index is 15.4. The van der Waals surface area contributed by atoms with Gasteiger partial charge in [-0.1, -0.05) is 92.7 Å². The van der Waals surface area contributed by atoms with Crippen LogP contribution in [-0.2, 0) is 42.8 Å². The van der Waals surface area contributed by atoms with E-state index in [1.807, 2.05) is 12.2 Å². The zero-order valence-electron chi connectivity index (χ0n) is 36.6. The summed E-state index contributed by atoms with van der Waals surface area (Å²) in [6, 6.07) is 23.6. The number of ether oxygens (including phenoxy) is 6. The third kappa shape index (κ3) is 8.79. The fraction of sp³-hybridized carbons (Fsp3) is 0.420. The molecule has 1 amide bonds. The van der Waals surface area contributed by atoms with E-state index in [0.717, 1.165) is 0 Å². The summed E-state index contributed by atoms with van der Waals surface area (Å²) in [5, 5.41) is 28.3. The molecule has 3 aromatic carbocycles. The number of nitrogens with one attached hydrogen (secondary N) is 1. The zero-order valence-corrected chi connectivity index (χ0v) is 36.6. The van der Waals surface area contributed by atoms with Gasteiger partial charge in [-0.05, 0) is 61.2 Å². The molecule has 0 radical (unpaired) electrons. The number of esters is 3. The van der Waals surface area contributed by atoms with E-state index in [-0.39, 0.29) is 60.9 Å². The number of hydrogen-bond acceptors (Lipinski definition) is 13. The molecular formula is C50H55NO13. The summed E-state index contributed by atoms with van der Waals surface area (Å²) >= 11 is 0. The predicted octanol–water partition coefficient (Wildman–Crippen LogP) is 5.69. The first kappa shape index (κ1) is 46.1. The van der Waals surface area contributed by atoms with Crippen molar-refractivity contribution in [2.24, 2.45) is 11.3 Å². The molecule has 2 aliphatic carbocycles. The summed E-state index contributed by atoms with van der Waals surface area (Å²) in [7, 11) is 0. The van der Waals surface area contributed by atoms with Crippen LogP contribution in [0.2, 0.25) is 0 Å². The highest BCUT2D eigenvalue weighted by Crippen LogP contribution is 2.58. The van der Waals surface area contributed by atoms with Crippen molar-refractivity contribution in [1.29, 1.82) is 0 Å². The van der Waals surface area contributed by atoms with Gasteiger partial charge < -0.3 is 44.0 Å². The monoisotopic (exact) mass is 877 g/mol. The van der Waals surface area contributed by atoms with Crippen LogP contribution in [-0.4, -0.2) is 102 Å². The summed E-state index contributed by atoms with van der Waals surface area (Å²) < 4.78 is 37.3. The molecule has 4 bridgehead atoms. The van der Waals surface area contributed by atoms with Crippen molar-refractivity contribution >= 4 is 29.6 Å². The minimum Gasteiger partial charge on any atom is -0.489 e. The molecule has 4 aliphatic rings. The van der Waals surface area contributed by atoms with Gasteiger partial charge in [0.25, 0.3) is 5.91 Å². The lowest BCUT2D eigenvalue weighted by Crippen LogP contribution is -2.73. The molecule has 1 fully saturated rings. The molecule has 0 saturated carbocycles. The Morgan fingerprint density at radius 3 is 2.11 bits per heavy atom. The van der Waals surface area contributed by atoms with Gasteiger partial charge in [0.15, 0.2) is 17.5 Å². The van der Waals surface area contributed by atoms with Crippen LogP contribution >= 0.6 is 0 Å². The van der Waals surface area contributed by atoms with Gasteiger partial charge in [-0.2, -0.15) is 0 Å². The molecule has 7 rings (SSSR count). The zero-order chi connectivity index (χ0) is 45.8. The second-order valence-electron chi connectivity index (χ2n) is 17.2. The van der Waals surface area contributed by atoms with Gasteiger partial charge in [-0.3, -0.25) is 14.4 Å². The highest BCUT2D eigenvalue weighted by Gasteiger charge is 2.70. The number of ketones is 1. The highest BCUT2D eigenvalue weighted by molar-refractivity contribution is 6.09. The van der Waals surface area contributed by atoms with Gasteiger partial charge in [0, 0.05) is 42.9 Å². The Bertz CT molecular complexity index is 2320. The van der Waals surface area contributed by atoms with Crippen LogP contribution < -0.4 is 5.32 Å². The van der Waals surface area contributed by atoms with Crippen molar-refractivity contribution in [3.63, 3.8) is 0 Å². The van der Waals surface area contributed by atoms with Gasteiger partial charge in [0.1, 0.15) is 23.9 Å². The minimum atomic E-state index is -2.27. The standard InChI is InChI=1S/C50H55NO13/c1-30-36(62-47(57)42(54)40(33-18-10-6-11-19-33)51-45(55)34-20-12-7-13-21-34)28-50(58)44(63-46(56)35-22-14-8-15-23-35)39-31(2)43(41(53)38(30)48(50,4)5)60-26-17-9-16-25-59-27-24-37-49(39,29-61-37)64-32(3)52/h6-16,18-23,36-37,39-40,42,44,54,58H,17,24-29H2,1-5H3,(H,51,55)/b16-9+,43-31?/t36-,37+,39+,40-,42+,44-,49-,50+/m0/s1. The molecule has 14 nitrogen and oxygen atoms in total. The third-order valence-electron chi connectivity index (χ3n) is 13.0. The number of fused-ring (bicyclic) bond motifs is 5. The normalized spacial score (nSPS) is 28.2. The summed E-state index contributed by atoms with van der Waals surface area (Å²) in [5.74, 6) is -5.25. The summed E-state index contributed by atoms with van der Waals surface area (Å²) in [6.45, 7) is 8.08. The van der Waals surface area contributed by atoms with Crippen LogP contribution in [0, 0.1) is 11.3 Å². The highest BCUT2D eigenvalue weighted by atomic mass is 16.6. The number of carbonyl (C=O) groups is 5. The van der Waals surface area contributed by atoms with Gasteiger partial charge in [0.05, 0.1) is 37.3 Å². The first-order valence-corrected chi connectivity index (χ1v) is 21.5. The number of allylic oxidation sites excluding steroid dienone is 1. The molecule has 3 aromatic rings. The fourth-order valence-corrected chi connectivity index (χ4v) is 9.62. The van der Waals surface area contributed by atoms with E-state index in [1.165, 1.54) is 6.92 Å². The molecule has 8 atom stereocenters. The van der Waals surface area contributed by atoms with Crippen LogP contribution in [0.3, 0.4) is 0 Å². The molecule has 338 valence electrons. The van der Waals surface area contributed by atoms with E-state index in [0.29, 0.717) is 17.5 Å². The molecule has 3 N–H and O–H groups in total. The summed E-state index contributed by atoms with van der Waals surface area (Å²) in [5.41, 5.74) is -4.08. The molecule has 64 heavy (non-hydrogen) atoms. The lowest BCUT2D eigenvalue weighted by Gasteiger charge is -2.60. The van der Waals surface area contributed by atoms with Crippen LogP contribution in [0.15, 0.2) is 126 Å². The Hall–Kier alpha value is -5.93. The number of amides is 1. The minimum absolute atomic E-state index is 0.0343. The maximum Gasteiger partial charge on any atom is 0.338 e. The molecule has 14 heteroatoms. The van der Waals surface area contributed by atoms with E-state index in [1.54, 1.807) is 119 Å². The average Bonchev–Trinajstić information content (AvgIpc) is 3.27. The second-order valence-corrected chi connectivity index (χ2v) is 17.2. The lowest BCUT2D eigenvalue weighted by molar-refractivity contribution is -0.296. The second kappa shape index (κ2) is 19.0. The van der Waals surface area contributed by atoms with E-state index < -0.39 is 89.0 Å². The Balaban J connectivity index is 1.38. The topological polar surface area (TPSA) is 193 Å². The van der Waals surface area contributed by atoms with Crippen LogP contribution in [0.4, 0.5) is 0 Å². The first-order chi connectivity index (χ1) is 30.6. The van der Waals surface area contributed by atoms with Gasteiger partial charge >= 0.3 is 17.9 Å². The molecule has 1 saturated heterocycles. The van der Waals surface area contributed by atoms with E-state index >= 15 is 4.79 Å². The smallest absolute Gasteiger partial charge is 0.338 e. The number of rotatable bonds is 9. The Kier molecular flexibility index (Phi) is 13.7. The summed E-state index contributed by atoms with van der Waals surface area (Å²) in [6.07, 6.45) is -2.01. The Morgan fingerprint density at radius 1 is 0.844 bits per heavy atom. The third-order valence-corrected chi connectivity index (χ3v) is 13.0. The predicted molar refractivity (Wildman–Crippen MR) is 231 cm³/mol. The van der Waals surface area contributed by atoms with E-state index in [4.69, 9.17) is 28.4 Å². The number of Topliss-reactive ketones (excluding diaryl/α,β-unsaturated/α-hetero) is 1. The number of benzene rings is 3. The summed E-state index contributed by atoms with van der Waals surface area (Å²) in [4.78, 5) is 70.8. The molecule has 2 aliphatic heterocycles. The van der Waals surface area contributed by atoms with Crippen molar-refractivity contribution in [2.75, 3.05) is 26.4 Å². The van der Waals surface area contributed by atoms with E-state index in [2.05, 4.69) is 5.32 Å². The van der Waals surface area contributed by atoms with E-state index in [9.17, 15) is 29.4 Å². The van der Waals surface area contributed by atoms with Crippen LogP contribution in [0.1, 0.15) is 86.2 Å². The van der Waals surface area contributed by atoms with Gasteiger partial charge in [0.2, 0.25) is 5.78 Å². The molecule has 0 spiro atoms. The van der Waals surface area contributed by atoms with Crippen molar-refractivity contribution in [1.82, 2.24) is 5.32 Å². The number of carbonyl (C=O) groups excluding carboxylic acids is 5.